The van der Waals surface area contributed by atoms with Gasteiger partial charge in [0.15, 0.2) is 0 Å². The molecule has 144 valence electrons. The van der Waals surface area contributed by atoms with Gasteiger partial charge in [0, 0.05) is 12.0 Å². The van der Waals surface area contributed by atoms with Crippen molar-refractivity contribution in [3.8, 4) is 0 Å². The third-order valence-corrected chi connectivity index (χ3v) is 5.44. The lowest BCUT2D eigenvalue weighted by Gasteiger charge is -2.20. The molecule has 0 unspecified atom stereocenters. The molecule has 1 saturated carbocycles. The molecule has 8 heteroatoms. The van der Waals surface area contributed by atoms with E-state index in [-0.39, 0.29) is 29.6 Å². The molecule has 3 atom stereocenters. The number of carbonyl (C=O) groups is 2. The van der Waals surface area contributed by atoms with Crippen LogP contribution in [0.4, 0.5) is 5.82 Å². The number of nitrogens with zero attached hydrogens (tertiary/aromatic N) is 1. The summed E-state index contributed by atoms with van der Waals surface area (Å²) in [5, 5.41) is 13.1. The second-order valence-electron chi connectivity index (χ2n) is 7.24. The number of benzene rings is 1. The topological polar surface area (TPSA) is 86.9 Å². The van der Waals surface area contributed by atoms with Gasteiger partial charge < -0.3 is 10.6 Å². The van der Waals surface area contributed by atoms with E-state index in [1.54, 1.807) is 18.3 Å². The Labute approximate surface area is 168 Å². The van der Waals surface area contributed by atoms with Gasteiger partial charge in [-0.15, -0.1) is 0 Å². The van der Waals surface area contributed by atoms with Crippen LogP contribution in [0.15, 0.2) is 30.5 Å². The van der Waals surface area contributed by atoms with E-state index in [4.69, 9.17) is 23.2 Å². The summed E-state index contributed by atoms with van der Waals surface area (Å²) >= 11 is 12.3. The minimum absolute atomic E-state index is 0.0339. The van der Waals surface area contributed by atoms with E-state index in [0.29, 0.717) is 28.7 Å². The summed E-state index contributed by atoms with van der Waals surface area (Å²) < 4.78 is 0. The molecule has 1 aromatic heterocycles. The third-order valence-electron chi connectivity index (χ3n) is 4.61. The van der Waals surface area contributed by atoms with Gasteiger partial charge in [0.1, 0.15) is 11.9 Å². The lowest BCUT2D eigenvalue weighted by Crippen LogP contribution is -2.45. The van der Waals surface area contributed by atoms with Crippen LogP contribution in [0.1, 0.15) is 38.2 Å². The Morgan fingerprint density at radius 2 is 2.07 bits per heavy atom. The first-order valence-corrected chi connectivity index (χ1v) is 9.67. The maximum absolute atomic E-state index is 12.7. The molecule has 3 rings (SSSR count). The molecule has 2 aromatic rings. The number of aromatic nitrogens is 2. The van der Waals surface area contributed by atoms with Crippen molar-refractivity contribution in [3.63, 3.8) is 0 Å². The highest BCUT2D eigenvalue weighted by Gasteiger charge is 2.45. The van der Waals surface area contributed by atoms with Crippen molar-refractivity contribution in [2.75, 3.05) is 5.32 Å². The Kier molecular flexibility index (Phi) is 6.07. The first-order valence-electron chi connectivity index (χ1n) is 8.91. The van der Waals surface area contributed by atoms with Gasteiger partial charge in [0.25, 0.3) is 0 Å². The molecular formula is C19H22Cl2N4O2. The van der Waals surface area contributed by atoms with Crippen LogP contribution >= 0.6 is 23.2 Å². The molecule has 1 aliphatic carbocycles. The van der Waals surface area contributed by atoms with E-state index >= 15 is 0 Å². The minimum Gasteiger partial charge on any atom is -0.344 e. The summed E-state index contributed by atoms with van der Waals surface area (Å²) in [5.41, 5.74) is 0.881. The van der Waals surface area contributed by atoms with Crippen LogP contribution in [0.3, 0.4) is 0 Å². The lowest BCUT2D eigenvalue weighted by atomic mass is 10.0. The van der Waals surface area contributed by atoms with Gasteiger partial charge in [-0.2, -0.15) is 5.10 Å². The van der Waals surface area contributed by atoms with Gasteiger partial charge in [-0.3, -0.25) is 14.7 Å². The van der Waals surface area contributed by atoms with Crippen LogP contribution in [0.2, 0.25) is 10.0 Å². The van der Waals surface area contributed by atoms with Gasteiger partial charge in [-0.05, 0) is 36.3 Å². The van der Waals surface area contributed by atoms with Gasteiger partial charge >= 0.3 is 0 Å². The summed E-state index contributed by atoms with van der Waals surface area (Å²) in [5.74, 6) is 0.182. The molecular weight excluding hydrogens is 387 g/mol. The van der Waals surface area contributed by atoms with E-state index in [1.165, 1.54) is 0 Å². The van der Waals surface area contributed by atoms with Crippen molar-refractivity contribution >= 4 is 40.8 Å². The van der Waals surface area contributed by atoms with Crippen molar-refractivity contribution in [1.29, 1.82) is 0 Å². The number of amides is 2. The van der Waals surface area contributed by atoms with Crippen molar-refractivity contribution < 1.29 is 9.59 Å². The van der Waals surface area contributed by atoms with E-state index < -0.39 is 6.04 Å². The zero-order valence-electron chi connectivity index (χ0n) is 15.1. The van der Waals surface area contributed by atoms with Crippen LogP contribution < -0.4 is 10.6 Å². The molecule has 1 fully saturated rings. The molecule has 0 radical (unpaired) electrons. The number of rotatable bonds is 7. The number of hydrogen-bond acceptors (Lipinski definition) is 3. The summed E-state index contributed by atoms with van der Waals surface area (Å²) in [6.45, 7) is 4.02. The fourth-order valence-corrected chi connectivity index (χ4v) is 3.61. The van der Waals surface area contributed by atoms with E-state index in [1.807, 2.05) is 26.0 Å². The monoisotopic (exact) mass is 408 g/mol. The van der Waals surface area contributed by atoms with E-state index in [9.17, 15) is 9.59 Å². The number of aromatic amines is 1. The molecule has 1 aromatic carbocycles. The zero-order chi connectivity index (χ0) is 19.6. The van der Waals surface area contributed by atoms with Crippen LogP contribution in [-0.4, -0.2) is 28.1 Å². The third kappa shape index (κ3) is 4.82. The van der Waals surface area contributed by atoms with Crippen LogP contribution in [-0.2, 0) is 9.59 Å². The fraction of sp³-hybridized carbons (Fsp3) is 0.421. The maximum Gasteiger partial charge on any atom is 0.248 e. The van der Waals surface area contributed by atoms with Crippen LogP contribution in [0.5, 0.6) is 0 Å². The fourth-order valence-electron chi connectivity index (χ4n) is 3.16. The highest BCUT2D eigenvalue weighted by Crippen LogP contribution is 2.50. The molecule has 0 saturated heterocycles. The standard InChI is InChI=1S/C19H22Cl2N4O2/c1-10(2)8-15(19(27)24-16-6-7-22-25-16)23-18(26)13-9-12(13)11-4-3-5-14(20)17(11)21/h3-7,10,12-13,15H,8-9H2,1-2H3,(H,23,26)(H2,22,24,25,27)/t12-,13-,15+/m1/s1. The molecule has 27 heavy (non-hydrogen) atoms. The number of halogens is 2. The average molecular weight is 409 g/mol. The van der Waals surface area contributed by atoms with E-state index in [2.05, 4.69) is 20.8 Å². The normalized spacial score (nSPS) is 19.6. The predicted octanol–water partition coefficient (Wildman–Crippen LogP) is 3.99. The van der Waals surface area contributed by atoms with Crippen LogP contribution in [0.25, 0.3) is 0 Å². The first kappa shape index (κ1) is 19.7. The van der Waals surface area contributed by atoms with E-state index in [0.717, 1.165) is 5.56 Å². The van der Waals surface area contributed by atoms with Gasteiger partial charge in [-0.25, -0.2) is 0 Å². The highest BCUT2D eigenvalue weighted by atomic mass is 35.5. The van der Waals surface area contributed by atoms with Crippen LogP contribution in [0, 0.1) is 11.8 Å². The summed E-state index contributed by atoms with van der Waals surface area (Å²) in [6, 6.07) is 6.49. The number of anilines is 1. The summed E-state index contributed by atoms with van der Waals surface area (Å²) in [6.07, 6.45) is 2.79. The summed E-state index contributed by atoms with van der Waals surface area (Å²) in [7, 11) is 0. The summed E-state index contributed by atoms with van der Waals surface area (Å²) in [4.78, 5) is 25.3. The van der Waals surface area contributed by atoms with Gasteiger partial charge in [-0.1, -0.05) is 49.2 Å². The Morgan fingerprint density at radius 3 is 2.74 bits per heavy atom. The molecule has 1 aliphatic rings. The molecule has 0 aliphatic heterocycles. The quantitative estimate of drug-likeness (QED) is 0.646. The first-order chi connectivity index (χ1) is 12.9. The minimum atomic E-state index is -0.614. The zero-order valence-corrected chi connectivity index (χ0v) is 16.6. The predicted molar refractivity (Wildman–Crippen MR) is 106 cm³/mol. The maximum atomic E-state index is 12.7. The number of hydrogen-bond donors (Lipinski definition) is 3. The van der Waals surface area contributed by atoms with Crippen molar-refractivity contribution in [2.24, 2.45) is 11.8 Å². The molecule has 2 amide bonds. The molecule has 0 spiro atoms. The highest BCUT2D eigenvalue weighted by molar-refractivity contribution is 6.42. The van der Waals surface area contributed by atoms with Gasteiger partial charge in [0.05, 0.1) is 16.2 Å². The van der Waals surface area contributed by atoms with Crippen molar-refractivity contribution in [3.05, 3.63) is 46.1 Å². The van der Waals surface area contributed by atoms with Crippen molar-refractivity contribution in [1.82, 2.24) is 15.5 Å². The number of H-pyrrole nitrogens is 1. The Morgan fingerprint density at radius 1 is 1.30 bits per heavy atom. The number of carbonyl (C=O) groups excluding carboxylic acids is 2. The smallest absolute Gasteiger partial charge is 0.248 e. The lowest BCUT2D eigenvalue weighted by molar-refractivity contribution is -0.127. The molecule has 1 heterocycles. The second kappa shape index (κ2) is 8.31. The Balaban J connectivity index is 1.64. The number of nitrogens with one attached hydrogen (secondary N) is 3. The Bertz CT molecular complexity index is 823. The largest absolute Gasteiger partial charge is 0.344 e. The molecule has 3 N–H and O–H groups in total. The van der Waals surface area contributed by atoms with Crippen molar-refractivity contribution in [2.45, 2.75) is 38.6 Å². The molecule has 6 nitrogen and oxygen atoms in total. The Hall–Kier alpha value is -2.05. The average Bonchev–Trinajstić information content (AvgIpc) is 3.24. The second-order valence-corrected chi connectivity index (χ2v) is 8.03. The SMILES string of the molecule is CC(C)C[C@H](NC(=O)[C@@H]1C[C@@H]1c1cccc(Cl)c1Cl)C(=O)Nc1ccn[nH]1. The van der Waals surface area contributed by atoms with Gasteiger partial charge in [0.2, 0.25) is 11.8 Å². The molecule has 0 bridgehead atoms.